The Morgan fingerprint density at radius 2 is 2.28 bits per heavy atom. The van der Waals surface area contributed by atoms with Gasteiger partial charge in [0.15, 0.2) is 0 Å². The number of rotatable bonds is 8. The Hall–Kier alpha value is -0.830. The van der Waals surface area contributed by atoms with Crippen molar-refractivity contribution in [2.24, 2.45) is 17.8 Å². The molecule has 18 heavy (non-hydrogen) atoms. The van der Waals surface area contributed by atoms with E-state index in [9.17, 15) is 4.79 Å². The molecule has 104 valence electrons. The van der Waals surface area contributed by atoms with Crippen LogP contribution >= 0.6 is 0 Å². The molecule has 0 aliphatic heterocycles. The van der Waals surface area contributed by atoms with Gasteiger partial charge in [-0.15, -0.1) is 0 Å². The van der Waals surface area contributed by atoms with Crippen molar-refractivity contribution in [2.75, 3.05) is 13.2 Å². The smallest absolute Gasteiger partial charge is 0.220 e. The molecule has 0 saturated heterocycles. The molecule has 2 N–H and O–H groups in total. The summed E-state index contributed by atoms with van der Waals surface area (Å²) < 4.78 is 0. The van der Waals surface area contributed by atoms with Gasteiger partial charge < -0.3 is 10.4 Å². The lowest BCUT2D eigenvalue weighted by Gasteiger charge is -2.19. The van der Waals surface area contributed by atoms with Gasteiger partial charge in [-0.05, 0) is 43.4 Å². The zero-order valence-corrected chi connectivity index (χ0v) is 11.7. The molecule has 1 amide bonds. The Morgan fingerprint density at radius 1 is 1.50 bits per heavy atom. The van der Waals surface area contributed by atoms with Crippen LogP contribution < -0.4 is 5.32 Å². The van der Waals surface area contributed by atoms with Gasteiger partial charge in [-0.1, -0.05) is 26.0 Å². The predicted molar refractivity (Wildman–Crippen MR) is 74.1 cm³/mol. The van der Waals surface area contributed by atoms with Crippen LogP contribution in [0.5, 0.6) is 0 Å². The van der Waals surface area contributed by atoms with E-state index in [4.69, 9.17) is 5.11 Å². The lowest BCUT2D eigenvalue weighted by atomic mass is 9.94. The maximum absolute atomic E-state index is 11.8. The molecule has 0 heterocycles. The molecule has 2 atom stereocenters. The van der Waals surface area contributed by atoms with Gasteiger partial charge >= 0.3 is 0 Å². The number of carbonyl (C=O) groups is 1. The summed E-state index contributed by atoms with van der Waals surface area (Å²) in [4.78, 5) is 11.8. The Bertz CT molecular complexity index is 274. The number of hydrogen-bond acceptors (Lipinski definition) is 2. The first-order valence-electron chi connectivity index (χ1n) is 7.16. The number of amides is 1. The van der Waals surface area contributed by atoms with E-state index in [0.29, 0.717) is 30.7 Å². The molecule has 0 saturated carbocycles. The van der Waals surface area contributed by atoms with Gasteiger partial charge in [0.1, 0.15) is 0 Å². The van der Waals surface area contributed by atoms with Gasteiger partial charge in [0.2, 0.25) is 5.91 Å². The Morgan fingerprint density at radius 3 is 2.83 bits per heavy atom. The molecule has 3 heteroatoms. The number of hydrogen-bond donors (Lipinski definition) is 2. The van der Waals surface area contributed by atoms with Gasteiger partial charge in [0.25, 0.3) is 0 Å². The third kappa shape index (κ3) is 6.20. The first-order chi connectivity index (χ1) is 8.61. The monoisotopic (exact) mass is 253 g/mol. The molecule has 0 aromatic carbocycles. The van der Waals surface area contributed by atoms with E-state index in [1.165, 1.54) is 0 Å². The summed E-state index contributed by atoms with van der Waals surface area (Å²) in [6.07, 6.45) is 8.98. The average molecular weight is 253 g/mol. The van der Waals surface area contributed by atoms with E-state index in [2.05, 4.69) is 31.3 Å². The fourth-order valence-electron chi connectivity index (χ4n) is 2.59. The summed E-state index contributed by atoms with van der Waals surface area (Å²) >= 11 is 0. The Labute approximate surface area is 111 Å². The summed E-state index contributed by atoms with van der Waals surface area (Å²) in [6.45, 7) is 5.26. The average Bonchev–Trinajstić information content (AvgIpc) is 2.78. The van der Waals surface area contributed by atoms with E-state index in [0.717, 1.165) is 25.7 Å². The molecule has 3 nitrogen and oxygen atoms in total. The SMILES string of the molecule is CC(C)CC(CCO)CNC(=O)CC1C=CCC1. The number of carbonyl (C=O) groups excluding carboxylic acids is 1. The third-order valence-electron chi connectivity index (χ3n) is 3.49. The van der Waals surface area contributed by atoms with Crippen molar-refractivity contribution in [3.05, 3.63) is 12.2 Å². The molecule has 1 aliphatic rings. The van der Waals surface area contributed by atoms with Crippen LogP contribution in [0.1, 0.15) is 46.0 Å². The van der Waals surface area contributed by atoms with Crippen LogP contribution in [-0.2, 0) is 4.79 Å². The van der Waals surface area contributed by atoms with Crippen LogP contribution in [0.4, 0.5) is 0 Å². The van der Waals surface area contributed by atoms with Crippen molar-refractivity contribution < 1.29 is 9.90 Å². The van der Waals surface area contributed by atoms with E-state index < -0.39 is 0 Å². The van der Waals surface area contributed by atoms with Crippen LogP contribution in [0.3, 0.4) is 0 Å². The quantitative estimate of drug-likeness (QED) is 0.653. The first-order valence-corrected chi connectivity index (χ1v) is 7.16. The van der Waals surface area contributed by atoms with E-state index in [-0.39, 0.29) is 12.5 Å². The van der Waals surface area contributed by atoms with Crippen molar-refractivity contribution in [3.63, 3.8) is 0 Å². The maximum atomic E-state index is 11.8. The minimum atomic E-state index is 0.151. The second-order valence-electron chi connectivity index (χ2n) is 5.78. The zero-order valence-electron chi connectivity index (χ0n) is 11.7. The number of aliphatic hydroxyl groups excluding tert-OH is 1. The van der Waals surface area contributed by atoms with E-state index in [1.54, 1.807) is 0 Å². The number of aliphatic hydroxyl groups is 1. The highest BCUT2D eigenvalue weighted by Crippen LogP contribution is 2.20. The lowest BCUT2D eigenvalue weighted by molar-refractivity contribution is -0.121. The molecule has 0 aromatic heterocycles. The van der Waals surface area contributed by atoms with Crippen LogP contribution in [-0.4, -0.2) is 24.2 Å². The zero-order chi connectivity index (χ0) is 13.4. The molecule has 0 fully saturated rings. The van der Waals surface area contributed by atoms with E-state index in [1.807, 2.05) is 0 Å². The molecule has 1 aliphatic carbocycles. The van der Waals surface area contributed by atoms with E-state index >= 15 is 0 Å². The molecule has 0 bridgehead atoms. The first kappa shape index (κ1) is 15.2. The Balaban J connectivity index is 2.22. The molecule has 1 rings (SSSR count). The summed E-state index contributed by atoms with van der Waals surface area (Å²) in [5.74, 6) is 1.60. The number of allylic oxidation sites excluding steroid dienone is 2. The van der Waals surface area contributed by atoms with Crippen molar-refractivity contribution in [2.45, 2.75) is 46.0 Å². The van der Waals surface area contributed by atoms with Crippen LogP contribution in [0.15, 0.2) is 12.2 Å². The molecular weight excluding hydrogens is 226 g/mol. The van der Waals surface area contributed by atoms with Gasteiger partial charge in [-0.2, -0.15) is 0 Å². The van der Waals surface area contributed by atoms with Crippen LogP contribution in [0, 0.1) is 17.8 Å². The van der Waals surface area contributed by atoms with Gasteiger partial charge in [0, 0.05) is 19.6 Å². The second-order valence-corrected chi connectivity index (χ2v) is 5.78. The third-order valence-corrected chi connectivity index (χ3v) is 3.49. The highest BCUT2D eigenvalue weighted by Gasteiger charge is 2.16. The van der Waals surface area contributed by atoms with Gasteiger partial charge in [-0.3, -0.25) is 4.79 Å². The van der Waals surface area contributed by atoms with Crippen molar-refractivity contribution in [1.29, 1.82) is 0 Å². The standard InChI is InChI=1S/C15H27NO2/c1-12(2)9-14(7-8-17)11-16-15(18)10-13-5-3-4-6-13/h3,5,12-14,17H,4,6-11H2,1-2H3,(H,16,18). The molecule has 2 unspecified atom stereocenters. The topological polar surface area (TPSA) is 49.3 Å². The highest BCUT2D eigenvalue weighted by molar-refractivity contribution is 5.76. The van der Waals surface area contributed by atoms with Gasteiger partial charge in [0.05, 0.1) is 0 Å². The van der Waals surface area contributed by atoms with Crippen molar-refractivity contribution in [1.82, 2.24) is 5.32 Å². The normalized spacial score (nSPS) is 20.3. The maximum Gasteiger partial charge on any atom is 0.220 e. The summed E-state index contributed by atoms with van der Waals surface area (Å²) in [5, 5.41) is 12.0. The molecule has 0 radical (unpaired) electrons. The fraction of sp³-hybridized carbons (Fsp3) is 0.800. The Kier molecular flexibility index (Phi) is 7.02. The minimum absolute atomic E-state index is 0.151. The highest BCUT2D eigenvalue weighted by atomic mass is 16.3. The van der Waals surface area contributed by atoms with Crippen LogP contribution in [0.2, 0.25) is 0 Å². The fourth-order valence-corrected chi connectivity index (χ4v) is 2.59. The van der Waals surface area contributed by atoms with Crippen LogP contribution in [0.25, 0.3) is 0 Å². The summed E-state index contributed by atoms with van der Waals surface area (Å²) in [7, 11) is 0. The number of nitrogens with one attached hydrogen (secondary N) is 1. The second kappa shape index (κ2) is 8.30. The summed E-state index contributed by atoms with van der Waals surface area (Å²) in [6, 6.07) is 0. The minimum Gasteiger partial charge on any atom is -0.396 e. The van der Waals surface area contributed by atoms with Crippen molar-refractivity contribution in [3.8, 4) is 0 Å². The molecular formula is C15H27NO2. The summed E-state index contributed by atoms with van der Waals surface area (Å²) in [5.41, 5.74) is 0. The predicted octanol–water partition coefficient (Wildman–Crippen LogP) is 2.50. The van der Waals surface area contributed by atoms with Gasteiger partial charge in [-0.25, -0.2) is 0 Å². The lowest BCUT2D eigenvalue weighted by Crippen LogP contribution is -2.31. The largest absolute Gasteiger partial charge is 0.396 e. The van der Waals surface area contributed by atoms with Crippen molar-refractivity contribution >= 4 is 5.91 Å². The molecule has 0 spiro atoms. The molecule has 0 aromatic rings.